The van der Waals surface area contributed by atoms with E-state index in [9.17, 15) is 0 Å². The van der Waals surface area contributed by atoms with Gasteiger partial charge in [-0.15, -0.1) is 0 Å². The maximum atomic E-state index is 5.46. The minimum Gasteiger partial charge on any atom is -0.346 e. The normalized spacial score (nSPS) is 20.2. The van der Waals surface area contributed by atoms with Gasteiger partial charge in [-0.05, 0) is 38.5 Å². The number of aromatic amines is 1. The van der Waals surface area contributed by atoms with E-state index in [4.69, 9.17) is 12.2 Å². The number of thioether (sulfide) groups is 1. The van der Waals surface area contributed by atoms with Crippen LogP contribution in [-0.4, -0.2) is 15.2 Å². The van der Waals surface area contributed by atoms with Gasteiger partial charge in [-0.3, -0.25) is 0 Å². The molecular weight excluding hydrogens is 272 g/mol. The van der Waals surface area contributed by atoms with Crippen molar-refractivity contribution >= 4 is 24.0 Å². The first-order valence-corrected chi connectivity index (χ1v) is 9.01. The molecule has 0 aliphatic heterocycles. The molecule has 1 N–H and O–H groups in total. The van der Waals surface area contributed by atoms with Crippen molar-refractivity contribution in [2.45, 2.75) is 68.8 Å². The van der Waals surface area contributed by atoms with E-state index in [0.29, 0.717) is 0 Å². The van der Waals surface area contributed by atoms with Crippen molar-refractivity contribution in [2.24, 2.45) is 0 Å². The van der Waals surface area contributed by atoms with Gasteiger partial charge in [0.1, 0.15) is 10.5 Å². The van der Waals surface area contributed by atoms with Crippen molar-refractivity contribution in [3.05, 3.63) is 21.7 Å². The van der Waals surface area contributed by atoms with E-state index in [1.807, 2.05) is 0 Å². The SMILES string of the molecule is S=c1nc(CSC2CCCCC2)[nH]c2c1CCCC2. The van der Waals surface area contributed by atoms with E-state index in [-0.39, 0.29) is 0 Å². The molecular formula is C15H22N2S2. The Morgan fingerprint density at radius 2 is 1.89 bits per heavy atom. The number of rotatable bonds is 3. The number of aryl methyl sites for hydroxylation is 1. The number of hydrogen-bond donors (Lipinski definition) is 1. The van der Waals surface area contributed by atoms with Gasteiger partial charge in [0.05, 0.1) is 5.75 Å². The lowest BCUT2D eigenvalue weighted by Gasteiger charge is -2.21. The second-order valence-corrected chi connectivity index (χ2v) is 7.40. The van der Waals surface area contributed by atoms with Gasteiger partial charge in [0.2, 0.25) is 0 Å². The average Bonchev–Trinajstić information content (AvgIpc) is 2.46. The van der Waals surface area contributed by atoms with Gasteiger partial charge in [0.15, 0.2) is 0 Å². The van der Waals surface area contributed by atoms with E-state index in [0.717, 1.165) is 34.3 Å². The molecule has 0 saturated heterocycles. The molecule has 3 rings (SSSR count). The lowest BCUT2D eigenvalue weighted by Crippen LogP contribution is -2.12. The van der Waals surface area contributed by atoms with Crippen LogP contribution in [0.25, 0.3) is 0 Å². The number of hydrogen-bond acceptors (Lipinski definition) is 3. The van der Waals surface area contributed by atoms with Crippen molar-refractivity contribution in [1.82, 2.24) is 9.97 Å². The lowest BCUT2D eigenvalue weighted by atomic mass is 9.97. The summed E-state index contributed by atoms with van der Waals surface area (Å²) in [7, 11) is 0. The molecule has 0 unspecified atom stereocenters. The summed E-state index contributed by atoms with van der Waals surface area (Å²) in [5.74, 6) is 2.10. The summed E-state index contributed by atoms with van der Waals surface area (Å²) < 4.78 is 0.854. The number of fused-ring (bicyclic) bond motifs is 1. The molecule has 0 radical (unpaired) electrons. The highest BCUT2D eigenvalue weighted by atomic mass is 32.2. The molecule has 2 nitrogen and oxygen atoms in total. The van der Waals surface area contributed by atoms with Gasteiger partial charge in [-0.2, -0.15) is 11.8 Å². The molecule has 1 aromatic heterocycles. The third-order valence-electron chi connectivity index (χ3n) is 4.27. The fourth-order valence-electron chi connectivity index (χ4n) is 3.17. The summed E-state index contributed by atoms with van der Waals surface area (Å²) in [6.07, 6.45) is 11.8. The molecule has 1 heterocycles. The van der Waals surface area contributed by atoms with Gasteiger partial charge in [-0.1, -0.05) is 31.5 Å². The second-order valence-electron chi connectivity index (χ2n) is 5.72. The monoisotopic (exact) mass is 294 g/mol. The fourth-order valence-corrected chi connectivity index (χ4v) is 4.70. The number of nitrogens with one attached hydrogen (secondary N) is 1. The van der Waals surface area contributed by atoms with Crippen LogP contribution < -0.4 is 0 Å². The molecule has 19 heavy (non-hydrogen) atoms. The van der Waals surface area contributed by atoms with Gasteiger partial charge in [0, 0.05) is 16.5 Å². The molecule has 1 saturated carbocycles. The molecule has 0 bridgehead atoms. The minimum atomic E-state index is 0.841. The second kappa shape index (κ2) is 6.40. The summed E-state index contributed by atoms with van der Waals surface area (Å²) in [5, 5.41) is 0.841. The van der Waals surface area contributed by atoms with Crippen LogP contribution in [0.5, 0.6) is 0 Å². The smallest absolute Gasteiger partial charge is 0.133 e. The van der Waals surface area contributed by atoms with Crippen LogP contribution in [0.2, 0.25) is 0 Å². The predicted octanol–water partition coefficient (Wildman–Crippen LogP) is 4.58. The first kappa shape index (κ1) is 13.6. The molecule has 4 heteroatoms. The van der Waals surface area contributed by atoms with Crippen LogP contribution in [0.1, 0.15) is 62.0 Å². The molecule has 0 atom stereocenters. The van der Waals surface area contributed by atoms with Crippen LogP contribution in [0.4, 0.5) is 0 Å². The Hall–Kier alpha value is -0.350. The maximum Gasteiger partial charge on any atom is 0.133 e. The highest BCUT2D eigenvalue weighted by Gasteiger charge is 2.16. The topological polar surface area (TPSA) is 28.7 Å². The Morgan fingerprint density at radius 1 is 1.11 bits per heavy atom. The summed E-state index contributed by atoms with van der Waals surface area (Å²) in [4.78, 5) is 8.16. The average molecular weight is 294 g/mol. The molecule has 0 aromatic carbocycles. The Morgan fingerprint density at radius 3 is 2.74 bits per heavy atom. The molecule has 0 amide bonds. The zero-order valence-corrected chi connectivity index (χ0v) is 13.0. The first-order chi connectivity index (χ1) is 9.33. The van der Waals surface area contributed by atoms with Crippen LogP contribution in [0.3, 0.4) is 0 Å². The van der Waals surface area contributed by atoms with Crippen molar-refractivity contribution in [3.63, 3.8) is 0 Å². The summed E-state index contributed by atoms with van der Waals surface area (Å²) in [6, 6.07) is 0. The standard InChI is InChI=1S/C15H22N2S2/c18-15-12-8-4-5-9-13(12)16-14(17-15)10-19-11-6-2-1-3-7-11/h11H,1-10H2,(H,16,17,18). The number of nitrogens with zero attached hydrogens (tertiary/aromatic N) is 1. The van der Waals surface area contributed by atoms with E-state index < -0.39 is 0 Å². The zero-order valence-electron chi connectivity index (χ0n) is 11.4. The highest BCUT2D eigenvalue weighted by molar-refractivity contribution is 7.99. The number of aromatic nitrogens is 2. The zero-order chi connectivity index (χ0) is 13.1. The van der Waals surface area contributed by atoms with E-state index >= 15 is 0 Å². The largest absolute Gasteiger partial charge is 0.346 e. The van der Waals surface area contributed by atoms with Gasteiger partial charge >= 0.3 is 0 Å². The quantitative estimate of drug-likeness (QED) is 0.827. The highest BCUT2D eigenvalue weighted by Crippen LogP contribution is 2.30. The van der Waals surface area contributed by atoms with Crippen LogP contribution in [0.15, 0.2) is 0 Å². The molecule has 0 spiro atoms. The van der Waals surface area contributed by atoms with Crippen molar-refractivity contribution in [1.29, 1.82) is 0 Å². The first-order valence-electron chi connectivity index (χ1n) is 7.55. The van der Waals surface area contributed by atoms with E-state index in [2.05, 4.69) is 21.7 Å². The van der Waals surface area contributed by atoms with Crippen molar-refractivity contribution < 1.29 is 0 Å². The van der Waals surface area contributed by atoms with Crippen LogP contribution in [-0.2, 0) is 18.6 Å². The third kappa shape index (κ3) is 3.40. The van der Waals surface area contributed by atoms with E-state index in [1.165, 1.54) is 56.2 Å². The van der Waals surface area contributed by atoms with Crippen molar-refractivity contribution in [2.75, 3.05) is 0 Å². The Labute approximate surface area is 124 Å². The van der Waals surface area contributed by atoms with Gasteiger partial charge < -0.3 is 4.98 Å². The van der Waals surface area contributed by atoms with Crippen LogP contribution in [0, 0.1) is 4.64 Å². The lowest BCUT2D eigenvalue weighted by molar-refractivity contribution is 0.516. The molecule has 2 aliphatic carbocycles. The van der Waals surface area contributed by atoms with Gasteiger partial charge in [0.25, 0.3) is 0 Å². The minimum absolute atomic E-state index is 0.841. The maximum absolute atomic E-state index is 5.46. The molecule has 104 valence electrons. The Kier molecular flexibility index (Phi) is 4.59. The third-order valence-corrected chi connectivity index (χ3v) is 5.99. The Balaban J connectivity index is 1.67. The summed E-state index contributed by atoms with van der Waals surface area (Å²) in [6.45, 7) is 0. The van der Waals surface area contributed by atoms with Crippen LogP contribution >= 0.6 is 24.0 Å². The fraction of sp³-hybridized carbons (Fsp3) is 0.733. The number of H-pyrrole nitrogens is 1. The summed E-state index contributed by atoms with van der Waals surface area (Å²) >= 11 is 7.53. The van der Waals surface area contributed by atoms with Gasteiger partial charge in [-0.25, -0.2) is 4.98 Å². The van der Waals surface area contributed by atoms with Crippen molar-refractivity contribution in [3.8, 4) is 0 Å². The van der Waals surface area contributed by atoms with E-state index in [1.54, 1.807) is 0 Å². The molecule has 1 aromatic rings. The summed E-state index contributed by atoms with van der Waals surface area (Å²) in [5.41, 5.74) is 2.68. The molecule has 2 aliphatic rings. The molecule has 1 fully saturated rings. The Bertz CT molecular complexity index is 489. The predicted molar refractivity (Wildman–Crippen MR) is 84.2 cm³/mol.